The van der Waals surface area contributed by atoms with E-state index in [1.165, 1.54) is 194 Å². The smallest absolute Gasteiger partial charge is 0.0555 e. The highest BCUT2D eigenvalue weighted by atomic mass is 32.1. The molecule has 6 heterocycles. The van der Waals surface area contributed by atoms with Crippen LogP contribution in [0.1, 0.15) is 0 Å². The molecule has 0 amide bonds. The Bertz CT molecular complexity index is 7890. The number of thiophene rings is 2. The van der Waals surface area contributed by atoms with Crippen LogP contribution in [-0.2, 0) is 0 Å². The molecule has 0 N–H and O–H groups in total. The van der Waals surface area contributed by atoms with Crippen molar-refractivity contribution < 1.29 is 0 Å². The molecule has 18 aromatic carbocycles. The van der Waals surface area contributed by atoms with E-state index >= 15 is 0 Å². The zero-order valence-corrected chi connectivity index (χ0v) is 63.5. The predicted octanol–water partition coefficient (Wildman–Crippen LogP) is 30.5. The van der Waals surface area contributed by atoms with Crippen molar-refractivity contribution >= 4 is 150 Å². The molecule has 0 saturated carbocycles. The highest BCUT2D eigenvalue weighted by Gasteiger charge is 2.22. The summed E-state index contributed by atoms with van der Waals surface area (Å²) >= 11 is 3.76. The van der Waals surface area contributed by atoms with Gasteiger partial charge in [-0.25, -0.2) is 0 Å². The molecule has 4 nitrogen and oxygen atoms in total. The minimum atomic E-state index is 1.16. The fraction of sp³-hybridized carbons (Fsp3) is 0. The number of aromatic nitrogens is 4. The normalized spacial score (nSPS) is 11.9. The van der Waals surface area contributed by atoms with Crippen LogP contribution in [0, 0.1) is 0 Å². The molecule has 24 aromatic rings. The molecule has 6 heteroatoms. The van der Waals surface area contributed by atoms with Gasteiger partial charge in [0.25, 0.3) is 0 Å². The lowest BCUT2D eigenvalue weighted by Gasteiger charge is -2.11. The number of para-hydroxylation sites is 2. The maximum atomic E-state index is 2.45. The molecule has 0 aliphatic heterocycles. The first-order valence-corrected chi connectivity index (χ1v) is 40.6. The van der Waals surface area contributed by atoms with E-state index in [9.17, 15) is 0 Å². The Morgan fingerprint density at radius 3 is 0.719 bits per heavy atom. The minimum absolute atomic E-state index is 1.16. The lowest BCUT2D eigenvalue weighted by molar-refractivity contribution is 1.18. The number of fused-ring (bicyclic) bond motifs is 18. The van der Waals surface area contributed by atoms with Crippen molar-refractivity contribution in [1.82, 2.24) is 18.3 Å². The third kappa shape index (κ3) is 10.9. The molecular weight excluding hydrogens is 1420 g/mol. The largest absolute Gasteiger partial charge is 0.309 e. The summed E-state index contributed by atoms with van der Waals surface area (Å²) in [6.07, 6.45) is 0. The molecule has 0 saturated heterocycles. The van der Waals surface area contributed by atoms with Gasteiger partial charge in [-0.2, -0.15) is 0 Å². The number of hydrogen-bond acceptors (Lipinski definition) is 2. The molecule has 0 aliphatic rings. The van der Waals surface area contributed by atoms with Crippen molar-refractivity contribution in [3.05, 3.63) is 413 Å². The van der Waals surface area contributed by atoms with E-state index in [4.69, 9.17) is 0 Å². The van der Waals surface area contributed by atoms with Crippen LogP contribution < -0.4 is 0 Å². The third-order valence-electron chi connectivity index (χ3n) is 23.5. The SMILES string of the molecule is c1ccc(-c2ccc(-n3c4ccccc4c4cc(-c5ccc6c(c5)c5cc7c(cc5n6-c5ccc(-c6ccccc6)cc5)sc5ccccc57)ccc43)cc2)cc1.c1ccc(-c2ccc(-n3c4ccccc4c4cc(-c5ccc6c(c5)c5cc7sc8ccccc8c7cc5n6-c5ccc(-c6ccccc6)cc5)ccc43)cc2)cc1. The van der Waals surface area contributed by atoms with E-state index in [2.05, 4.69) is 431 Å². The lowest BCUT2D eigenvalue weighted by atomic mass is 10.00. The number of benzene rings is 18. The lowest BCUT2D eigenvalue weighted by Crippen LogP contribution is -1.94. The van der Waals surface area contributed by atoms with Gasteiger partial charge in [0.2, 0.25) is 0 Å². The van der Waals surface area contributed by atoms with Gasteiger partial charge in [0.15, 0.2) is 0 Å². The van der Waals surface area contributed by atoms with Crippen LogP contribution in [0.25, 0.3) is 217 Å². The molecular formula is C108H68N4S2. The maximum absolute atomic E-state index is 2.45. The highest BCUT2D eigenvalue weighted by Crippen LogP contribution is 2.47. The summed E-state index contributed by atoms with van der Waals surface area (Å²) < 4.78 is 15.0. The summed E-state index contributed by atoms with van der Waals surface area (Å²) in [4.78, 5) is 0. The fourth-order valence-corrected chi connectivity index (χ4v) is 20.2. The van der Waals surface area contributed by atoms with Crippen molar-refractivity contribution in [3.63, 3.8) is 0 Å². The Morgan fingerprint density at radius 2 is 0.360 bits per heavy atom. The van der Waals surface area contributed by atoms with Crippen LogP contribution in [0.3, 0.4) is 0 Å². The summed E-state index contributed by atoms with van der Waals surface area (Å²) in [6.45, 7) is 0. The average molecular weight is 1490 g/mol. The van der Waals surface area contributed by atoms with Gasteiger partial charge in [-0.1, -0.05) is 267 Å². The molecule has 0 aliphatic carbocycles. The zero-order chi connectivity index (χ0) is 74.9. The highest BCUT2D eigenvalue weighted by molar-refractivity contribution is 7.26. The van der Waals surface area contributed by atoms with Gasteiger partial charge in [0.05, 0.1) is 44.1 Å². The second-order valence-electron chi connectivity index (χ2n) is 29.9. The number of hydrogen-bond donors (Lipinski definition) is 0. The second kappa shape index (κ2) is 26.7. The summed E-state index contributed by atoms with van der Waals surface area (Å²) in [5.41, 5.74) is 29.0. The van der Waals surface area contributed by atoms with Gasteiger partial charge in [-0.3, -0.25) is 0 Å². The van der Waals surface area contributed by atoms with E-state index in [0.717, 1.165) is 22.7 Å². The summed E-state index contributed by atoms with van der Waals surface area (Å²) in [5.74, 6) is 0. The molecule has 0 fully saturated rings. The first-order valence-electron chi connectivity index (χ1n) is 39.0. The Kier molecular flexibility index (Phi) is 15.3. The molecule has 532 valence electrons. The van der Waals surface area contributed by atoms with Gasteiger partial charge >= 0.3 is 0 Å². The fourth-order valence-electron chi connectivity index (χ4n) is 18.0. The van der Waals surface area contributed by atoms with Crippen LogP contribution >= 0.6 is 22.7 Å². The Labute approximate surface area is 665 Å². The average Bonchev–Trinajstić information content (AvgIpc) is 1.57. The van der Waals surface area contributed by atoms with Gasteiger partial charge in [0, 0.05) is 106 Å². The number of nitrogens with zero attached hydrogens (tertiary/aromatic N) is 4. The van der Waals surface area contributed by atoms with Gasteiger partial charge in [0.1, 0.15) is 0 Å². The molecule has 6 aromatic heterocycles. The number of rotatable bonds is 10. The van der Waals surface area contributed by atoms with Crippen molar-refractivity contribution in [2.24, 2.45) is 0 Å². The van der Waals surface area contributed by atoms with Crippen LogP contribution in [0.4, 0.5) is 0 Å². The van der Waals surface area contributed by atoms with Crippen LogP contribution in [0.5, 0.6) is 0 Å². The summed E-state index contributed by atoms with van der Waals surface area (Å²) in [7, 11) is 0. The van der Waals surface area contributed by atoms with Crippen LogP contribution in [-0.4, -0.2) is 18.3 Å². The molecule has 0 unspecified atom stereocenters. The first kappa shape index (κ1) is 65.5. The standard InChI is InChI=1S/2C54H34N2S/c1-3-11-35(12-4-1)37-19-25-41(26-20-37)55-49-17-9-7-15-43(49)45-31-39(23-29-50(45)55)40-24-30-51-46(32-40)47-34-54-48(44-16-8-10-18-53(44)57-54)33-52(47)56(51)42-27-21-38(22-28-42)36-13-5-2-6-14-36;1-3-11-35(12-4-1)37-19-25-41(26-20-37)55-49-17-9-7-15-43(49)45-31-39(23-29-50(45)55)40-24-30-51-46(32-40)47-33-48-44-16-8-10-18-53(44)57-54(48)34-52(47)56(51)42-27-21-38(22-28-42)36-13-5-2-6-14-36/h2*1-34H. The van der Waals surface area contributed by atoms with Crippen molar-refractivity contribution in [2.75, 3.05) is 0 Å². The zero-order valence-electron chi connectivity index (χ0n) is 61.9. The molecule has 0 atom stereocenters. The Hall–Kier alpha value is -14.4. The quantitative estimate of drug-likeness (QED) is 0.130. The van der Waals surface area contributed by atoms with E-state index in [0.29, 0.717) is 0 Å². The van der Waals surface area contributed by atoms with Crippen molar-refractivity contribution in [3.8, 4) is 89.5 Å². The van der Waals surface area contributed by atoms with E-state index in [-0.39, 0.29) is 0 Å². The van der Waals surface area contributed by atoms with Crippen molar-refractivity contribution in [2.45, 2.75) is 0 Å². The van der Waals surface area contributed by atoms with E-state index < -0.39 is 0 Å². The molecule has 114 heavy (non-hydrogen) atoms. The van der Waals surface area contributed by atoms with E-state index in [1.54, 1.807) is 0 Å². The molecule has 0 radical (unpaired) electrons. The predicted molar refractivity (Wildman–Crippen MR) is 489 cm³/mol. The van der Waals surface area contributed by atoms with E-state index in [1.807, 2.05) is 22.7 Å². The topological polar surface area (TPSA) is 19.7 Å². The summed E-state index contributed by atoms with van der Waals surface area (Å²) in [5, 5.41) is 15.3. The molecule has 24 rings (SSSR count). The Morgan fingerprint density at radius 1 is 0.123 bits per heavy atom. The second-order valence-corrected chi connectivity index (χ2v) is 32.1. The first-order chi connectivity index (χ1) is 56.5. The third-order valence-corrected chi connectivity index (χ3v) is 25.7. The molecule has 0 spiro atoms. The Balaban J connectivity index is 0.000000135. The van der Waals surface area contributed by atoms with Gasteiger partial charge < -0.3 is 18.3 Å². The van der Waals surface area contributed by atoms with Crippen molar-refractivity contribution in [1.29, 1.82) is 0 Å². The monoisotopic (exact) mass is 1480 g/mol. The van der Waals surface area contributed by atoms with Crippen LogP contribution in [0.15, 0.2) is 413 Å². The van der Waals surface area contributed by atoms with Gasteiger partial charge in [-0.15, -0.1) is 22.7 Å². The summed E-state index contributed by atoms with van der Waals surface area (Å²) in [6, 6.07) is 151. The molecule has 0 bridgehead atoms. The van der Waals surface area contributed by atoms with Crippen LogP contribution in [0.2, 0.25) is 0 Å². The maximum Gasteiger partial charge on any atom is 0.0555 e. The van der Waals surface area contributed by atoms with Gasteiger partial charge in [-0.05, 0) is 212 Å². The minimum Gasteiger partial charge on any atom is -0.309 e.